The van der Waals surface area contributed by atoms with Crippen LogP contribution in [-0.4, -0.2) is 39.0 Å². The van der Waals surface area contributed by atoms with Gasteiger partial charge in [0.05, 0.1) is 18.7 Å². The highest BCUT2D eigenvalue weighted by atomic mass is 16.5. The molecule has 7 heteroatoms. The maximum atomic E-state index is 12.8. The van der Waals surface area contributed by atoms with Crippen molar-refractivity contribution in [2.75, 3.05) is 6.61 Å². The van der Waals surface area contributed by atoms with E-state index in [9.17, 15) is 9.59 Å². The van der Waals surface area contributed by atoms with E-state index in [1.807, 2.05) is 13.0 Å². The van der Waals surface area contributed by atoms with Gasteiger partial charge in [0.2, 0.25) is 0 Å². The first-order valence-corrected chi connectivity index (χ1v) is 8.62. The maximum absolute atomic E-state index is 12.8. The summed E-state index contributed by atoms with van der Waals surface area (Å²) in [6.45, 7) is 4.17. The van der Waals surface area contributed by atoms with Gasteiger partial charge in [-0.05, 0) is 38.3 Å². The fourth-order valence-electron chi connectivity index (χ4n) is 3.11. The van der Waals surface area contributed by atoms with Crippen molar-refractivity contribution >= 4 is 17.5 Å². The van der Waals surface area contributed by atoms with Crippen molar-refractivity contribution in [1.82, 2.24) is 14.7 Å². The summed E-state index contributed by atoms with van der Waals surface area (Å²) in [5, 5.41) is 12.0. The van der Waals surface area contributed by atoms with Crippen molar-refractivity contribution in [2.45, 2.75) is 45.6 Å². The molecule has 1 amide bonds. The molecule has 25 heavy (non-hydrogen) atoms. The Bertz CT molecular complexity index is 795. The van der Waals surface area contributed by atoms with Crippen molar-refractivity contribution in [3.05, 3.63) is 29.7 Å². The third kappa shape index (κ3) is 3.92. The van der Waals surface area contributed by atoms with E-state index in [0.717, 1.165) is 12.8 Å². The van der Waals surface area contributed by atoms with Gasteiger partial charge in [0.1, 0.15) is 5.69 Å². The molecule has 0 saturated heterocycles. The first-order chi connectivity index (χ1) is 12.0. The molecule has 1 aliphatic carbocycles. The number of hydrogen-bond donors (Lipinski definition) is 2. The molecule has 0 spiro atoms. The van der Waals surface area contributed by atoms with Gasteiger partial charge in [-0.1, -0.05) is 12.8 Å². The van der Waals surface area contributed by atoms with Gasteiger partial charge in [0.25, 0.3) is 5.91 Å². The molecule has 2 aromatic rings. The van der Waals surface area contributed by atoms with Gasteiger partial charge in [-0.15, -0.1) is 0 Å². The van der Waals surface area contributed by atoms with Crippen LogP contribution in [0.1, 0.15) is 48.8 Å². The Morgan fingerprint density at radius 2 is 2.24 bits per heavy atom. The summed E-state index contributed by atoms with van der Waals surface area (Å²) in [6.07, 6.45) is 4.62. The Balaban J connectivity index is 1.86. The van der Waals surface area contributed by atoms with Crippen LogP contribution in [0.15, 0.2) is 18.3 Å². The summed E-state index contributed by atoms with van der Waals surface area (Å²) in [7, 11) is 0. The SMILES string of the molecule is CCOc1cccn2c(C(=O)N[C@@H](CC(=O)O)CC3CC3)c(C)nc12. The second kappa shape index (κ2) is 7.13. The lowest BCUT2D eigenvalue weighted by atomic mass is 10.1. The van der Waals surface area contributed by atoms with Crippen molar-refractivity contribution < 1.29 is 19.4 Å². The summed E-state index contributed by atoms with van der Waals surface area (Å²) < 4.78 is 7.27. The molecule has 0 bridgehead atoms. The zero-order valence-electron chi connectivity index (χ0n) is 14.5. The van der Waals surface area contributed by atoms with Gasteiger partial charge in [-0.25, -0.2) is 4.98 Å². The molecule has 2 N–H and O–H groups in total. The molecule has 0 aliphatic heterocycles. The highest BCUT2D eigenvalue weighted by Crippen LogP contribution is 2.34. The van der Waals surface area contributed by atoms with Gasteiger partial charge in [0, 0.05) is 12.2 Å². The first-order valence-electron chi connectivity index (χ1n) is 8.62. The molecule has 0 unspecified atom stereocenters. The normalized spacial score (nSPS) is 15.1. The number of imidazole rings is 1. The average molecular weight is 345 g/mol. The number of aromatic nitrogens is 2. The molecular weight excluding hydrogens is 322 g/mol. The van der Waals surface area contributed by atoms with Gasteiger partial charge >= 0.3 is 5.97 Å². The minimum absolute atomic E-state index is 0.0672. The third-order valence-electron chi connectivity index (χ3n) is 4.37. The van der Waals surface area contributed by atoms with E-state index in [2.05, 4.69) is 10.3 Å². The predicted molar refractivity (Wildman–Crippen MR) is 91.9 cm³/mol. The van der Waals surface area contributed by atoms with E-state index in [1.54, 1.807) is 23.6 Å². The number of aliphatic carboxylic acids is 1. The smallest absolute Gasteiger partial charge is 0.305 e. The zero-order chi connectivity index (χ0) is 18.0. The first kappa shape index (κ1) is 17.3. The molecule has 2 heterocycles. The van der Waals surface area contributed by atoms with Crippen LogP contribution in [0.5, 0.6) is 5.75 Å². The molecular formula is C18H23N3O4. The minimum Gasteiger partial charge on any atom is -0.490 e. The summed E-state index contributed by atoms with van der Waals surface area (Å²) in [4.78, 5) is 28.3. The minimum atomic E-state index is -0.903. The summed E-state index contributed by atoms with van der Waals surface area (Å²) in [5.41, 5.74) is 1.59. The third-order valence-corrected chi connectivity index (χ3v) is 4.37. The van der Waals surface area contributed by atoms with Gasteiger partial charge < -0.3 is 15.2 Å². The molecule has 0 aromatic carbocycles. The Morgan fingerprint density at radius 3 is 2.88 bits per heavy atom. The largest absolute Gasteiger partial charge is 0.490 e. The molecule has 1 fully saturated rings. The monoisotopic (exact) mass is 345 g/mol. The number of fused-ring (bicyclic) bond motifs is 1. The maximum Gasteiger partial charge on any atom is 0.305 e. The van der Waals surface area contributed by atoms with Crippen LogP contribution >= 0.6 is 0 Å². The number of hydrogen-bond acceptors (Lipinski definition) is 4. The van der Waals surface area contributed by atoms with Crippen molar-refractivity contribution in [2.24, 2.45) is 5.92 Å². The number of aryl methyl sites for hydroxylation is 1. The fraction of sp³-hybridized carbons (Fsp3) is 0.500. The number of carbonyl (C=O) groups excluding carboxylic acids is 1. The Morgan fingerprint density at radius 1 is 1.48 bits per heavy atom. The zero-order valence-corrected chi connectivity index (χ0v) is 14.5. The fourth-order valence-corrected chi connectivity index (χ4v) is 3.11. The lowest BCUT2D eigenvalue weighted by molar-refractivity contribution is -0.137. The summed E-state index contributed by atoms with van der Waals surface area (Å²) in [6, 6.07) is 3.25. The quantitative estimate of drug-likeness (QED) is 0.766. The van der Waals surface area contributed by atoms with Crippen LogP contribution in [0.25, 0.3) is 5.65 Å². The molecule has 1 aliphatic rings. The number of carboxylic acid groups (broad SMARTS) is 1. The van der Waals surface area contributed by atoms with E-state index in [4.69, 9.17) is 9.84 Å². The van der Waals surface area contributed by atoms with Gasteiger partial charge in [-0.3, -0.25) is 14.0 Å². The predicted octanol–water partition coefficient (Wildman–Crippen LogP) is 2.41. The van der Waals surface area contributed by atoms with Crippen LogP contribution in [0.4, 0.5) is 0 Å². The molecule has 1 saturated carbocycles. The molecule has 3 rings (SSSR count). The number of carboxylic acids is 1. The summed E-state index contributed by atoms with van der Waals surface area (Å²) >= 11 is 0. The van der Waals surface area contributed by atoms with E-state index in [1.165, 1.54) is 0 Å². The van der Waals surface area contributed by atoms with Crippen LogP contribution in [0, 0.1) is 12.8 Å². The molecule has 7 nitrogen and oxygen atoms in total. The molecule has 134 valence electrons. The number of pyridine rings is 1. The molecule has 2 aromatic heterocycles. The highest BCUT2D eigenvalue weighted by Gasteiger charge is 2.29. The van der Waals surface area contributed by atoms with Gasteiger partial charge in [0.15, 0.2) is 11.4 Å². The molecule has 0 radical (unpaired) electrons. The van der Waals surface area contributed by atoms with Crippen LogP contribution in [0.3, 0.4) is 0 Å². The number of nitrogens with zero attached hydrogens (tertiary/aromatic N) is 2. The molecule has 1 atom stereocenters. The van der Waals surface area contributed by atoms with E-state index in [0.29, 0.717) is 41.7 Å². The Kier molecular flexibility index (Phi) is 4.92. The van der Waals surface area contributed by atoms with E-state index < -0.39 is 5.97 Å². The van der Waals surface area contributed by atoms with Crippen LogP contribution in [0.2, 0.25) is 0 Å². The van der Waals surface area contributed by atoms with E-state index >= 15 is 0 Å². The lowest BCUT2D eigenvalue weighted by Gasteiger charge is -2.17. The van der Waals surface area contributed by atoms with Crippen molar-refractivity contribution in [3.8, 4) is 5.75 Å². The van der Waals surface area contributed by atoms with Crippen LogP contribution in [-0.2, 0) is 4.79 Å². The summed E-state index contributed by atoms with van der Waals surface area (Å²) in [5.74, 6) is -0.0605. The number of rotatable bonds is 8. The van der Waals surface area contributed by atoms with Crippen molar-refractivity contribution in [3.63, 3.8) is 0 Å². The second-order valence-electron chi connectivity index (χ2n) is 6.49. The van der Waals surface area contributed by atoms with E-state index in [-0.39, 0.29) is 18.4 Å². The van der Waals surface area contributed by atoms with Crippen molar-refractivity contribution in [1.29, 1.82) is 0 Å². The standard InChI is InChI=1S/C18H23N3O4/c1-3-25-14-5-4-8-21-16(11(2)19-17(14)21)18(24)20-13(10-15(22)23)9-12-6-7-12/h4-5,8,12-13H,3,6-7,9-10H2,1-2H3,(H,20,24)(H,22,23)/t13-/m1/s1. The van der Waals surface area contributed by atoms with Gasteiger partial charge in [-0.2, -0.15) is 0 Å². The number of ether oxygens (including phenoxy) is 1. The lowest BCUT2D eigenvalue weighted by Crippen LogP contribution is -2.37. The Hall–Kier alpha value is -2.57. The topological polar surface area (TPSA) is 92.9 Å². The average Bonchev–Trinajstić information content (AvgIpc) is 3.27. The second-order valence-corrected chi connectivity index (χ2v) is 6.49. The highest BCUT2D eigenvalue weighted by molar-refractivity contribution is 5.95. The number of nitrogens with one attached hydrogen (secondary N) is 1. The Labute approximate surface area is 146 Å². The van der Waals surface area contributed by atoms with Crippen LogP contribution < -0.4 is 10.1 Å². The number of carbonyl (C=O) groups is 2. The number of amides is 1.